The number of methoxy groups -OCH3 is 1. The first-order chi connectivity index (χ1) is 6.24. The molecule has 0 aliphatic rings. The summed E-state index contributed by atoms with van der Waals surface area (Å²) in [6.07, 6.45) is 0. The summed E-state index contributed by atoms with van der Waals surface area (Å²) in [5.74, 6) is 0.704. The van der Waals surface area contributed by atoms with Crippen molar-refractivity contribution < 1.29 is 4.74 Å². The van der Waals surface area contributed by atoms with Gasteiger partial charge < -0.3 is 4.74 Å². The van der Waals surface area contributed by atoms with Crippen molar-refractivity contribution in [1.82, 2.24) is 0 Å². The summed E-state index contributed by atoms with van der Waals surface area (Å²) in [6, 6.07) is 10.2. The molecule has 0 saturated carbocycles. The molecule has 0 unspecified atom stereocenters. The average molecular weight is 177 g/mol. The molecular weight excluding hydrogens is 162 g/mol. The third-order valence-electron chi connectivity index (χ3n) is 1.59. The molecule has 0 radical (unpaired) electrons. The molecule has 0 amide bonds. The molecule has 0 aliphatic heterocycles. The van der Waals surface area contributed by atoms with Crippen LogP contribution >= 0.6 is 0 Å². The van der Waals surface area contributed by atoms with Crippen molar-refractivity contribution in [1.29, 1.82) is 0 Å². The topological polar surface area (TPSA) is 21.6 Å². The van der Waals surface area contributed by atoms with Crippen LogP contribution in [0, 0.1) is 0 Å². The third kappa shape index (κ3) is 2.90. The Morgan fingerprint density at radius 2 is 1.85 bits per heavy atom. The van der Waals surface area contributed by atoms with E-state index in [0.717, 1.165) is 5.56 Å². The van der Waals surface area contributed by atoms with E-state index in [1.807, 2.05) is 44.2 Å². The van der Waals surface area contributed by atoms with Gasteiger partial charge in [0.05, 0.1) is 7.11 Å². The summed E-state index contributed by atoms with van der Waals surface area (Å²) in [6.45, 7) is 4.06. The number of ether oxygens (including phenoxy) is 1. The number of nitrogens with zero attached hydrogens (tertiary/aromatic N) is 1. The van der Waals surface area contributed by atoms with Crippen LogP contribution in [0.5, 0.6) is 0 Å². The van der Waals surface area contributed by atoms with Crippen LogP contribution in [-0.2, 0) is 4.74 Å². The van der Waals surface area contributed by atoms with Gasteiger partial charge in [0.25, 0.3) is 0 Å². The summed E-state index contributed by atoms with van der Waals surface area (Å²) in [7, 11) is 1.65. The Morgan fingerprint density at radius 3 is 2.31 bits per heavy atom. The second-order valence-electron chi connectivity index (χ2n) is 3.10. The van der Waals surface area contributed by atoms with Gasteiger partial charge in [0.1, 0.15) is 0 Å². The molecule has 0 fully saturated rings. The van der Waals surface area contributed by atoms with Crippen LogP contribution in [0.1, 0.15) is 19.4 Å². The lowest BCUT2D eigenvalue weighted by molar-refractivity contribution is 0.400. The molecule has 0 aliphatic carbocycles. The average Bonchev–Trinajstić information content (AvgIpc) is 2.15. The van der Waals surface area contributed by atoms with E-state index in [1.54, 1.807) is 7.11 Å². The largest absolute Gasteiger partial charge is 0.481 e. The standard InChI is InChI=1S/C11H15NO/c1-9(2)12-11(13-3)10-7-5-4-6-8-10/h4-9H,1-3H3. The van der Waals surface area contributed by atoms with E-state index in [2.05, 4.69) is 4.99 Å². The van der Waals surface area contributed by atoms with E-state index < -0.39 is 0 Å². The van der Waals surface area contributed by atoms with Gasteiger partial charge in [-0.05, 0) is 26.0 Å². The van der Waals surface area contributed by atoms with Crippen LogP contribution in [0.4, 0.5) is 0 Å². The van der Waals surface area contributed by atoms with Crippen LogP contribution in [0.2, 0.25) is 0 Å². The maximum absolute atomic E-state index is 5.20. The zero-order valence-electron chi connectivity index (χ0n) is 8.32. The Morgan fingerprint density at radius 1 is 1.23 bits per heavy atom. The van der Waals surface area contributed by atoms with E-state index in [1.165, 1.54) is 0 Å². The van der Waals surface area contributed by atoms with Crippen LogP contribution in [0.25, 0.3) is 0 Å². The van der Waals surface area contributed by atoms with Crippen molar-refractivity contribution in [3.63, 3.8) is 0 Å². The fourth-order valence-corrected chi connectivity index (χ4v) is 1.06. The van der Waals surface area contributed by atoms with Crippen molar-refractivity contribution in [2.24, 2.45) is 4.99 Å². The quantitative estimate of drug-likeness (QED) is 0.502. The second kappa shape index (κ2) is 4.65. The van der Waals surface area contributed by atoms with E-state index in [4.69, 9.17) is 4.74 Å². The first-order valence-electron chi connectivity index (χ1n) is 4.41. The molecule has 0 saturated heterocycles. The predicted molar refractivity (Wildman–Crippen MR) is 55.1 cm³/mol. The van der Waals surface area contributed by atoms with Gasteiger partial charge in [-0.15, -0.1) is 0 Å². The van der Waals surface area contributed by atoms with Gasteiger partial charge in [0, 0.05) is 11.6 Å². The van der Waals surface area contributed by atoms with Gasteiger partial charge in [-0.2, -0.15) is 0 Å². The summed E-state index contributed by atoms with van der Waals surface area (Å²) < 4.78 is 5.20. The van der Waals surface area contributed by atoms with Gasteiger partial charge in [-0.3, -0.25) is 0 Å². The smallest absolute Gasteiger partial charge is 0.216 e. The van der Waals surface area contributed by atoms with Crippen molar-refractivity contribution >= 4 is 5.90 Å². The summed E-state index contributed by atoms with van der Waals surface area (Å²) in [4.78, 5) is 4.36. The molecule has 13 heavy (non-hydrogen) atoms. The van der Waals surface area contributed by atoms with Gasteiger partial charge >= 0.3 is 0 Å². The molecule has 2 heteroatoms. The van der Waals surface area contributed by atoms with E-state index in [9.17, 15) is 0 Å². The molecule has 0 aromatic heterocycles. The van der Waals surface area contributed by atoms with Crippen molar-refractivity contribution in [3.05, 3.63) is 35.9 Å². The zero-order chi connectivity index (χ0) is 9.68. The number of hydrogen-bond donors (Lipinski definition) is 0. The highest BCUT2D eigenvalue weighted by Crippen LogP contribution is 2.03. The lowest BCUT2D eigenvalue weighted by Crippen LogP contribution is -2.06. The fraction of sp³-hybridized carbons (Fsp3) is 0.364. The highest BCUT2D eigenvalue weighted by Gasteiger charge is 2.02. The minimum Gasteiger partial charge on any atom is -0.481 e. The Labute approximate surface area is 79.3 Å². The molecule has 0 bridgehead atoms. The first kappa shape index (κ1) is 9.78. The zero-order valence-corrected chi connectivity index (χ0v) is 8.32. The highest BCUT2D eigenvalue weighted by atomic mass is 16.5. The molecule has 0 spiro atoms. The SMILES string of the molecule is COC(=NC(C)C)c1ccccc1. The Bertz CT molecular complexity index is 277. The Kier molecular flexibility index (Phi) is 3.50. The lowest BCUT2D eigenvalue weighted by atomic mass is 10.2. The molecule has 0 atom stereocenters. The van der Waals surface area contributed by atoms with E-state index >= 15 is 0 Å². The minimum absolute atomic E-state index is 0.259. The maximum atomic E-state index is 5.20. The van der Waals surface area contributed by atoms with Crippen LogP contribution in [-0.4, -0.2) is 19.0 Å². The second-order valence-corrected chi connectivity index (χ2v) is 3.10. The Hall–Kier alpha value is -1.31. The number of benzene rings is 1. The Balaban J connectivity index is 2.91. The molecule has 2 nitrogen and oxygen atoms in total. The van der Waals surface area contributed by atoms with Gasteiger partial charge in [0.2, 0.25) is 5.90 Å². The first-order valence-corrected chi connectivity index (χ1v) is 4.41. The molecule has 1 aromatic rings. The summed E-state index contributed by atoms with van der Waals surface area (Å²) in [5, 5.41) is 0. The van der Waals surface area contributed by atoms with E-state index in [0.29, 0.717) is 5.90 Å². The lowest BCUT2D eigenvalue weighted by Gasteiger charge is -2.06. The molecule has 70 valence electrons. The van der Waals surface area contributed by atoms with Crippen LogP contribution in [0.15, 0.2) is 35.3 Å². The molecule has 1 aromatic carbocycles. The van der Waals surface area contributed by atoms with Crippen molar-refractivity contribution in [3.8, 4) is 0 Å². The summed E-state index contributed by atoms with van der Waals surface area (Å²) >= 11 is 0. The number of hydrogen-bond acceptors (Lipinski definition) is 2. The molecule has 0 heterocycles. The van der Waals surface area contributed by atoms with E-state index in [-0.39, 0.29) is 6.04 Å². The number of aliphatic imine (C=N–C) groups is 1. The normalized spacial score (nSPS) is 11.8. The van der Waals surface area contributed by atoms with Gasteiger partial charge in [0.15, 0.2) is 0 Å². The number of rotatable bonds is 2. The fourth-order valence-electron chi connectivity index (χ4n) is 1.06. The van der Waals surface area contributed by atoms with Gasteiger partial charge in [-0.1, -0.05) is 18.2 Å². The highest BCUT2D eigenvalue weighted by molar-refractivity contribution is 5.94. The summed E-state index contributed by atoms with van der Waals surface area (Å²) in [5.41, 5.74) is 1.03. The van der Waals surface area contributed by atoms with Crippen LogP contribution < -0.4 is 0 Å². The monoisotopic (exact) mass is 177 g/mol. The van der Waals surface area contributed by atoms with Gasteiger partial charge in [-0.25, -0.2) is 4.99 Å². The predicted octanol–water partition coefficient (Wildman–Crippen LogP) is 2.49. The van der Waals surface area contributed by atoms with Crippen LogP contribution in [0.3, 0.4) is 0 Å². The molecular formula is C11H15NO. The maximum Gasteiger partial charge on any atom is 0.216 e. The molecule has 0 N–H and O–H groups in total. The minimum atomic E-state index is 0.259. The van der Waals surface area contributed by atoms with Crippen molar-refractivity contribution in [2.45, 2.75) is 19.9 Å². The molecule has 1 rings (SSSR count). The third-order valence-corrected chi connectivity index (χ3v) is 1.59. The van der Waals surface area contributed by atoms with Crippen molar-refractivity contribution in [2.75, 3.05) is 7.11 Å².